The monoisotopic (exact) mass is 384 g/mol. The Morgan fingerprint density at radius 2 is 2.29 bits per heavy atom. The Hall–Kier alpha value is -3.71. The Morgan fingerprint density at radius 1 is 1.54 bits per heavy atom. The second-order valence-corrected chi connectivity index (χ2v) is 6.15. The number of nitrogens with one attached hydrogen (secondary N) is 1. The Labute approximate surface area is 159 Å². The number of amidine groups is 1. The molecule has 144 valence electrons. The molecule has 9 nitrogen and oxygen atoms in total. The van der Waals surface area contributed by atoms with E-state index in [1.165, 1.54) is 19.2 Å². The summed E-state index contributed by atoms with van der Waals surface area (Å²) < 4.78 is 21.7. The number of hydrogen-bond acceptors (Lipinski definition) is 5. The van der Waals surface area contributed by atoms with E-state index in [0.717, 1.165) is 6.07 Å². The van der Waals surface area contributed by atoms with E-state index < -0.39 is 17.3 Å². The first-order valence-corrected chi connectivity index (χ1v) is 8.15. The number of carbonyl (C=O) groups excluding carboxylic acids is 1. The highest BCUT2D eigenvalue weighted by atomic mass is 19.1. The van der Waals surface area contributed by atoms with E-state index in [9.17, 15) is 14.3 Å². The summed E-state index contributed by atoms with van der Waals surface area (Å²) in [6, 6.07) is 2.57. The van der Waals surface area contributed by atoms with Crippen LogP contribution in [0, 0.1) is 23.1 Å². The molecule has 0 spiro atoms. The molecule has 1 aromatic carbocycles. The molecule has 6 N–H and O–H groups in total. The van der Waals surface area contributed by atoms with E-state index in [1.807, 2.05) is 0 Å². The molecule has 1 aliphatic heterocycles. The maximum absolute atomic E-state index is 14.5. The summed E-state index contributed by atoms with van der Waals surface area (Å²) in [5.74, 6) is 3.96. The van der Waals surface area contributed by atoms with Crippen molar-refractivity contribution in [2.75, 3.05) is 6.61 Å². The molecule has 0 saturated heterocycles. The van der Waals surface area contributed by atoms with Crippen molar-refractivity contribution in [3.8, 4) is 29.0 Å². The van der Waals surface area contributed by atoms with Crippen molar-refractivity contribution in [1.82, 2.24) is 9.55 Å². The molecule has 1 aliphatic rings. The minimum atomic E-state index is -1.86. The van der Waals surface area contributed by atoms with Crippen molar-refractivity contribution in [2.24, 2.45) is 16.5 Å². The van der Waals surface area contributed by atoms with E-state index in [1.54, 1.807) is 4.57 Å². The third kappa shape index (κ3) is 3.56. The second-order valence-electron chi connectivity index (χ2n) is 6.15. The molecule has 1 amide bonds. The number of imidazole rings is 1. The molecule has 28 heavy (non-hydrogen) atoms. The lowest BCUT2D eigenvalue weighted by Gasteiger charge is -2.14. The SMILES string of the molecule is CC(O)(C#Cc1cc2c(cc1F)OCCn1cc(C(N)=O)nc1-2)C(N)=NC=N. The molecule has 2 heterocycles. The van der Waals surface area contributed by atoms with Gasteiger partial charge in [-0.25, -0.2) is 14.4 Å². The number of aromatic nitrogens is 2. The minimum Gasteiger partial charge on any atom is -0.491 e. The number of fused-ring (bicyclic) bond motifs is 3. The lowest BCUT2D eigenvalue weighted by molar-refractivity contribution is 0.0996. The Kier molecular flexibility index (Phi) is 4.85. The number of hydrogen-bond donors (Lipinski definition) is 4. The smallest absolute Gasteiger partial charge is 0.268 e. The average Bonchev–Trinajstić information content (AvgIpc) is 2.98. The summed E-state index contributed by atoms with van der Waals surface area (Å²) in [5.41, 5.74) is 9.47. The van der Waals surface area contributed by atoms with Gasteiger partial charge in [-0.15, -0.1) is 0 Å². The maximum atomic E-state index is 14.5. The fourth-order valence-electron chi connectivity index (χ4n) is 2.57. The van der Waals surface area contributed by atoms with Crippen molar-refractivity contribution < 1.29 is 19.0 Å². The summed E-state index contributed by atoms with van der Waals surface area (Å²) in [4.78, 5) is 19.1. The summed E-state index contributed by atoms with van der Waals surface area (Å²) in [6.07, 6.45) is 2.17. The number of halogens is 1. The quantitative estimate of drug-likeness (QED) is 0.339. The number of nitrogens with two attached hydrogens (primary N) is 2. The molecule has 0 aliphatic carbocycles. The first-order valence-electron chi connectivity index (χ1n) is 8.15. The van der Waals surface area contributed by atoms with Crippen LogP contribution in [0.1, 0.15) is 23.0 Å². The molecule has 10 heteroatoms. The van der Waals surface area contributed by atoms with Gasteiger partial charge in [0.05, 0.1) is 17.7 Å². The van der Waals surface area contributed by atoms with Crippen LogP contribution < -0.4 is 16.2 Å². The first-order chi connectivity index (χ1) is 13.2. The molecule has 1 unspecified atom stereocenters. The van der Waals surface area contributed by atoms with Crippen LogP contribution in [-0.4, -0.2) is 44.9 Å². The lowest BCUT2D eigenvalue weighted by Crippen LogP contribution is -2.39. The highest BCUT2D eigenvalue weighted by molar-refractivity contribution is 5.96. The number of rotatable bonds is 3. The molecule has 3 rings (SSSR count). The third-order valence-corrected chi connectivity index (χ3v) is 4.07. The molecule has 0 fully saturated rings. The summed E-state index contributed by atoms with van der Waals surface area (Å²) in [5, 5.41) is 17.1. The van der Waals surface area contributed by atoms with Gasteiger partial charge in [-0.2, -0.15) is 0 Å². The van der Waals surface area contributed by atoms with E-state index in [2.05, 4.69) is 21.8 Å². The molecule has 1 aromatic heterocycles. The molecule has 2 aromatic rings. The van der Waals surface area contributed by atoms with Crippen LogP contribution in [0.5, 0.6) is 5.75 Å². The number of carbonyl (C=O) groups is 1. The Morgan fingerprint density at radius 3 is 2.96 bits per heavy atom. The fraction of sp³-hybridized carbons (Fsp3) is 0.222. The van der Waals surface area contributed by atoms with Crippen LogP contribution in [0.4, 0.5) is 4.39 Å². The van der Waals surface area contributed by atoms with Crippen molar-refractivity contribution >= 4 is 18.1 Å². The van der Waals surface area contributed by atoms with Gasteiger partial charge in [0.2, 0.25) is 0 Å². The normalized spacial score (nSPS) is 15.0. The lowest BCUT2D eigenvalue weighted by atomic mass is 10.0. The summed E-state index contributed by atoms with van der Waals surface area (Å²) in [6.45, 7) is 1.93. The van der Waals surface area contributed by atoms with Gasteiger partial charge in [0.15, 0.2) is 5.60 Å². The molecule has 0 saturated carbocycles. The summed E-state index contributed by atoms with van der Waals surface area (Å²) >= 11 is 0. The topological polar surface area (TPSA) is 153 Å². The Balaban J connectivity index is 2.10. The van der Waals surface area contributed by atoms with Crippen LogP contribution >= 0.6 is 0 Å². The largest absolute Gasteiger partial charge is 0.491 e. The number of aliphatic imine (C=N–C) groups is 1. The van der Waals surface area contributed by atoms with Gasteiger partial charge in [0, 0.05) is 12.3 Å². The highest BCUT2D eigenvalue weighted by Gasteiger charge is 2.24. The van der Waals surface area contributed by atoms with Crippen LogP contribution in [0.25, 0.3) is 11.4 Å². The zero-order valence-corrected chi connectivity index (χ0v) is 14.9. The maximum Gasteiger partial charge on any atom is 0.268 e. The summed E-state index contributed by atoms with van der Waals surface area (Å²) in [7, 11) is 0. The van der Waals surface area contributed by atoms with Gasteiger partial charge >= 0.3 is 0 Å². The first kappa shape index (κ1) is 19.1. The van der Waals surface area contributed by atoms with E-state index in [0.29, 0.717) is 24.3 Å². The van der Waals surface area contributed by atoms with Gasteiger partial charge in [-0.05, 0) is 13.0 Å². The number of amides is 1. The number of primary amides is 1. The van der Waals surface area contributed by atoms with Crippen LogP contribution in [-0.2, 0) is 6.54 Å². The van der Waals surface area contributed by atoms with Crippen LogP contribution in [0.15, 0.2) is 23.3 Å². The second kappa shape index (κ2) is 7.13. The van der Waals surface area contributed by atoms with Gasteiger partial charge < -0.3 is 25.9 Å². The number of aliphatic hydroxyl groups is 1. The molecular formula is C18H17FN6O3. The number of ether oxygens (including phenoxy) is 1. The van der Waals surface area contributed by atoms with Crippen LogP contribution in [0.3, 0.4) is 0 Å². The van der Waals surface area contributed by atoms with Crippen molar-refractivity contribution in [2.45, 2.75) is 19.1 Å². The molecule has 0 radical (unpaired) electrons. The molecule has 0 bridgehead atoms. The van der Waals surface area contributed by atoms with Gasteiger partial charge in [-0.1, -0.05) is 11.8 Å². The average molecular weight is 384 g/mol. The van der Waals surface area contributed by atoms with Crippen molar-refractivity contribution in [3.63, 3.8) is 0 Å². The Bertz CT molecular complexity index is 1060. The highest BCUT2D eigenvalue weighted by Crippen LogP contribution is 2.34. The number of benzene rings is 1. The van der Waals surface area contributed by atoms with Gasteiger partial charge in [-0.3, -0.25) is 10.2 Å². The third-order valence-electron chi connectivity index (χ3n) is 4.07. The number of nitrogens with zero attached hydrogens (tertiary/aromatic N) is 3. The van der Waals surface area contributed by atoms with E-state index in [-0.39, 0.29) is 29.4 Å². The van der Waals surface area contributed by atoms with E-state index in [4.69, 9.17) is 21.6 Å². The fourth-order valence-corrected chi connectivity index (χ4v) is 2.57. The van der Waals surface area contributed by atoms with Crippen molar-refractivity contribution in [3.05, 3.63) is 35.4 Å². The predicted octanol–water partition coefficient (Wildman–Crippen LogP) is 0.247. The molecular weight excluding hydrogens is 367 g/mol. The minimum absolute atomic E-state index is 0.0395. The van der Waals surface area contributed by atoms with E-state index >= 15 is 0 Å². The zero-order valence-electron chi connectivity index (χ0n) is 14.9. The van der Waals surface area contributed by atoms with Crippen LogP contribution in [0.2, 0.25) is 0 Å². The molecule has 1 atom stereocenters. The van der Waals surface area contributed by atoms with Gasteiger partial charge in [0.1, 0.15) is 41.9 Å². The van der Waals surface area contributed by atoms with Gasteiger partial charge in [0.25, 0.3) is 5.91 Å². The predicted molar refractivity (Wildman–Crippen MR) is 99.5 cm³/mol. The zero-order chi connectivity index (χ0) is 20.5. The standard InChI is InChI=1S/C18H17FN6O3/c1-18(27,17(22)23-9-20)3-2-10-6-11-14(7-12(10)19)28-5-4-25-8-13(15(21)26)24-16(11)25/h6-9,27H,4-5H2,1H3,(H2,21,26)(H3,20,22,23). The van der Waals surface area contributed by atoms with Crippen molar-refractivity contribution in [1.29, 1.82) is 5.41 Å².